The Balaban J connectivity index is 2.02. The maximum absolute atomic E-state index is 13.3. The van der Waals surface area contributed by atoms with Crippen molar-refractivity contribution < 1.29 is 22.4 Å². The minimum Gasteiger partial charge on any atom is -0.334 e. The van der Waals surface area contributed by atoms with E-state index in [9.17, 15) is 22.4 Å². The molecule has 2 rings (SSSR count). The van der Waals surface area contributed by atoms with Gasteiger partial charge in [0.1, 0.15) is 5.82 Å². The Labute approximate surface area is 151 Å². The lowest BCUT2D eigenvalue weighted by atomic mass is 10.1. The van der Waals surface area contributed by atoms with Gasteiger partial charge >= 0.3 is 12.2 Å². The second kappa shape index (κ2) is 7.52. The highest BCUT2D eigenvalue weighted by atomic mass is 79.9. The summed E-state index contributed by atoms with van der Waals surface area (Å²) in [5.41, 5.74) is -0.617. The van der Waals surface area contributed by atoms with Gasteiger partial charge in [-0.2, -0.15) is 13.2 Å². The number of benzene rings is 2. The Morgan fingerprint density at radius 2 is 1.79 bits per heavy atom. The molecule has 0 saturated heterocycles. The summed E-state index contributed by atoms with van der Waals surface area (Å²) in [6.07, 6.45) is -4.65. The summed E-state index contributed by atoms with van der Waals surface area (Å²) in [6.45, 7) is -0.249. The first-order chi connectivity index (χ1) is 11.1. The summed E-state index contributed by atoms with van der Waals surface area (Å²) in [4.78, 5) is 11.8. The monoisotopic (exact) mass is 468 g/mol. The van der Waals surface area contributed by atoms with Crippen molar-refractivity contribution in [1.82, 2.24) is 5.32 Å². The van der Waals surface area contributed by atoms with E-state index < -0.39 is 23.6 Å². The fraction of sp³-hybridized carbons (Fsp3) is 0.133. The fourth-order valence-corrected chi connectivity index (χ4v) is 3.00. The molecule has 2 amide bonds. The first kappa shape index (κ1) is 18.7. The summed E-state index contributed by atoms with van der Waals surface area (Å²) in [5, 5.41) is 4.91. The van der Waals surface area contributed by atoms with Crippen molar-refractivity contribution in [3.8, 4) is 0 Å². The second-order valence-corrected chi connectivity index (χ2v) is 6.55. The van der Waals surface area contributed by atoms with Crippen LogP contribution in [-0.2, 0) is 12.7 Å². The van der Waals surface area contributed by atoms with Gasteiger partial charge in [0.2, 0.25) is 0 Å². The third-order valence-electron chi connectivity index (χ3n) is 2.92. The first-order valence-electron chi connectivity index (χ1n) is 6.52. The number of hydrogen-bond donors (Lipinski definition) is 2. The van der Waals surface area contributed by atoms with Crippen molar-refractivity contribution in [2.24, 2.45) is 0 Å². The van der Waals surface area contributed by atoms with E-state index in [-0.39, 0.29) is 12.1 Å². The third kappa shape index (κ3) is 5.20. The van der Waals surface area contributed by atoms with Gasteiger partial charge in [-0.15, -0.1) is 0 Å². The van der Waals surface area contributed by atoms with Crippen LogP contribution in [0.25, 0.3) is 0 Å². The van der Waals surface area contributed by atoms with Crippen LogP contribution in [0, 0.1) is 5.82 Å². The van der Waals surface area contributed by atoms with Gasteiger partial charge in [0, 0.05) is 15.5 Å². The topological polar surface area (TPSA) is 41.1 Å². The van der Waals surface area contributed by atoms with E-state index >= 15 is 0 Å². The van der Waals surface area contributed by atoms with Gasteiger partial charge in [0.05, 0.1) is 11.3 Å². The molecule has 0 fully saturated rings. The summed E-state index contributed by atoms with van der Waals surface area (Å²) < 4.78 is 52.6. The minimum atomic E-state index is -4.65. The lowest BCUT2D eigenvalue weighted by molar-refractivity contribution is -0.137. The van der Waals surface area contributed by atoms with E-state index in [0.29, 0.717) is 16.2 Å². The fourth-order valence-electron chi connectivity index (χ4n) is 1.86. The molecule has 0 radical (unpaired) electrons. The molecule has 2 aromatic rings. The number of nitrogens with one attached hydrogen (secondary N) is 2. The van der Waals surface area contributed by atoms with E-state index in [2.05, 4.69) is 42.5 Å². The van der Waals surface area contributed by atoms with Crippen LogP contribution in [0.1, 0.15) is 11.1 Å². The molecule has 2 N–H and O–H groups in total. The van der Waals surface area contributed by atoms with Crippen LogP contribution >= 0.6 is 31.9 Å². The average Bonchev–Trinajstić information content (AvgIpc) is 2.47. The van der Waals surface area contributed by atoms with Gasteiger partial charge in [0.15, 0.2) is 0 Å². The predicted octanol–water partition coefficient (Wildman–Crippen LogP) is 5.69. The molecule has 0 unspecified atom stereocenters. The quantitative estimate of drug-likeness (QED) is 0.557. The SMILES string of the molecule is O=C(NCc1cc(F)cc(C(F)(F)F)c1)Nc1ccc(Br)cc1Br. The Bertz CT molecular complexity index is 766. The molecule has 0 heterocycles. The lowest BCUT2D eigenvalue weighted by Crippen LogP contribution is -2.28. The number of anilines is 1. The molecule has 0 aliphatic carbocycles. The number of carbonyl (C=O) groups excluding carboxylic acids is 1. The number of rotatable bonds is 3. The molecule has 2 aromatic carbocycles. The zero-order valence-corrected chi connectivity index (χ0v) is 15.0. The van der Waals surface area contributed by atoms with Gasteiger partial charge < -0.3 is 10.6 Å². The normalized spacial score (nSPS) is 11.2. The van der Waals surface area contributed by atoms with Crippen LogP contribution in [0.5, 0.6) is 0 Å². The summed E-state index contributed by atoms with van der Waals surface area (Å²) in [6, 6.07) is 6.57. The van der Waals surface area contributed by atoms with Crippen molar-refractivity contribution in [3.63, 3.8) is 0 Å². The maximum Gasteiger partial charge on any atom is 0.416 e. The first-order valence-corrected chi connectivity index (χ1v) is 8.10. The van der Waals surface area contributed by atoms with Crippen LogP contribution in [0.3, 0.4) is 0 Å². The number of amides is 2. The van der Waals surface area contributed by atoms with Crippen LogP contribution < -0.4 is 10.6 Å². The van der Waals surface area contributed by atoms with Crippen molar-refractivity contribution in [2.75, 3.05) is 5.32 Å². The number of halogens is 6. The highest BCUT2D eigenvalue weighted by Crippen LogP contribution is 2.30. The highest BCUT2D eigenvalue weighted by Gasteiger charge is 2.31. The number of carbonyl (C=O) groups is 1. The zero-order valence-electron chi connectivity index (χ0n) is 11.8. The van der Waals surface area contributed by atoms with Crippen LogP contribution in [0.2, 0.25) is 0 Å². The Hall–Kier alpha value is -1.61. The second-order valence-electron chi connectivity index (χ2n) is 4.78. The van der Waals surface area contributed by atoms with Crippen LogP contribution in [-0.4, -0.2) is 6.03 Å². The summed E-state index contributed by atoms with van der Waals surface area (Å²) in [5.74, 6) is -1.02. The average molecular weight is 470 g/mol. The standard InChI is InChI=1S/C15H10Br2F4N2O/c16-10-1-2-13(12(17)6-10)23-14(24)22-7-8-3-9(15(19,20)21)5-11(18)4-8/h1-6H,7H2,(H2,22,23,24). The van der Waals surface area contributed by atoms with Crippen LogP contribution in [0.4, 0.5) is 28.0 Å². The largest absolute Gasteiger partial charge is 0.416 e. The molecule has 0 aliphatic heterocycles. The molecule has 9 heteroatoms. The van der Waals surface area contributed by atoms with Crippen molar-refractivity contribution >= 4 is 43.6 Å². The lowest BCUT2D eigenvalue weighted by Gasteiger charge is -2.12. The Morgan fingerprint density at radius 3 is 2.42 bits per heavy atom. The van der Waals surface area contributed by atoms with E-state index in [1.54, 1.807) is 18.2 Å². The summed E-state index contributed by atoms with van der Waals surface area (Å²) in [7, 11) is 0. The highest BCUT2D eigenvalue weighted by molar-refractivity contribution is 9.11. The molecule has 0 aromatic heterocycles. The van der Waals surface area contributed by atoms with Gasteiger partial charge in [-0.3, -0.25) is 0 Å². The minimum absolute atomic E-state index is 0.00680. The van der Waals surface area contributed by atoms with E-state index in [1.165, 1.54) is 0 Å². The van der Waals surface area contributed by atoms with Gasteiger partial charge in [-0.25, -0.2) is 9.18 Å². The molecule has 24 heavy (non-hydrogen) atoms. The molecule has 0 saturated carbocycles. The molecule has 128 valence electrons. The molecular formula is C15H10Br2F4N2O. The molecule has 3 nitrogen and oxygen atoms in total. The van der Waals surface area contributed by atoms with Crippen molar-refractivity contribution in [2.45, 2.75) is 12.7 Å². The van der Waals surface area contributed by atoms with E-state index in [0.717, 1.165) is 16.6 Å². The smallest absolute Gasteiger partial charge is 0.334 e. The van der Waals surface area contributed by atoms with Crippen molar-refractivity contribution in [3.05, 3.63) is 62.3 Å². The summed E-state index contributed by atoms with van der Waals surface area (Å²) >= 11 is 6.53. The molecule has 0 aliphatic rings. The molecule has 0 atom stereocenters. The van der Waals surface area contributed by atoms with E-state index in [1.807, 2.05) is 0 Å². The number of urea groups is 1. The third-order valence-corrected chi connectivity index (χ3v) is 4.07. The van der Waals surface area contributed by atoms with Crippen LogP contribution in [0.15, 0.2) is 45.3 Å². The van der Waals surface area contributed by atoms with Gasteiger partial charge in [-0.1, -0.05) is 15.9 Å². The zero-order chi connectivity index (χ0) is 17.9. The molecule has 0 bridgehead atoms. The molecular weight excluding hydrogens is 460 g/mol. The Kier molecular flexibility index (Phi) is 5.87. The molecule has 0 spiro atoms. The van der Waals surface area contributed by atoms with Gasteiger partial charge in [-0.05, 0) is 57.9 Å². The maximum atomic E-state index is 13.3. The van der Waals surface area contributed by atoms with Crippen molar-refractivity contribution in [1.29, 1.82) is 0 Å². The number of hydrogen-bond acceptors (Lipinski definition) is 1. The Morgan fingerprint density at radius 1 is 1.08 bits per heavy atom. The number of alkyl halides is 3. The van der Waals surface area contributed by atoms with E-state index in [4.69, 9.17) is 0 Å². The van der Waals surface area contributed by atoms with Gasteiger partial charge in [0.25, 0.3) is 0 Å². The predicted molar refractivity (Wildman–Crippen MR) is 89.1 cm³/mol.